The van der Waals surface area contributed by atoms with Gasteiger partial charge in [-0.3, -0.25) is 14.4 Å². The monoisotopic (exact) mass is 582 g/mol. The largest absolute Gasteiger partial charge is 0.378 e. The van der Waals surface area contributed by atoms with Crippen molar-refractivity contribution in [2.45, 2.75) is 45.3 Å². The van der Waals surface area contributed by atoms with Crippen LogP contribution in [0.4, 0.5) is 5.69 Å². The van der Waals surface area contributed by atoms with Crippen LogP contribution in [0.5, 0.6) is 0 Å². The Balaban J connectivity index is 1.03. The molecule has 10 heteroatoms. The smallest absolute Gasteiger partial charge is 0.270 e. The number of hydrogen-bond donors (Lipinski definition) is 3. The van der Waals surface area contributed by atoms with Gasteiger partial charge < -0.3 is 34.7 Å². The summed E-state index contributed by atoms with van der Waals surface area (Å²) in [4.78, 5) is 53.4. The molecule has 0 unspecified atom stereocenters. The van der Waals surface area contributed by atoms with Crippen LogP contribution in [0, 0.1) is 5.41 Å². The van der Waals surface area contributed by atoms with E-state index in [1.165, 1.54) is 0 Å². The van der Waals surface area contributed by atoms with E-state index in [0.717, 1.165) is 60.2 Å². The number of nitrogens with one attached hydrogen (secondary N) is 3. The zero-order chi connectivity index (χ0) is 29.9. The molecule has 2 aromatic heterocycles. The minimum Gasteiger partial charge on any atom is -0.378 e. The van der Waals surface area contributed by atoms with Crippen molar-refractivity contribution in [2.24, 2.45) is 5.41 Å². The van der Waals surface area contributed by atoms with Crippen molar-refractivity contribution in [1.82, 2.24) is 25.1 Å². The summed E-state index contributed by atoms with van der Waals surface area (Å²) in [5.41, 5.74) is 3.43. The summed E-state index contributed by atoms with van der Waals surface area (Å²) < 4.78 is 5.48. The minimum absolute atomic E-state index is 0.0387. The van der Waals surface area contributed by atoms with E-state index >= 15 is 0 Å². The number of ether oxygens (including phenoxy) is 1. The van der Waals surface area contributed by atoms with Gasteiger partial charge in [-0.2, -0.15) is 0 Å². The Bertz CT molecular complexity index is 1680. The molecule has 3 fully saturated rings. The molecular weight excluding hydrogens is 544 g/mol. The summed E-state index contributed by atoms with van der Waals surface area (Å²) in [6, 6.07) is 16.9. The summed E-state index contributed by atoms with van der Waals surface area (Å²) in [6.07, 6.45) is 0.742. The fourth-order valence-corrected chi connectivity index (χ4v) is 6.81. The third-order valence-electron chi connectivity index (χ3n) is 9.16. The van der Waals surface area contributed by atoms with Crippen molar-refractivity contribution >= 4 is 45.2 Å². The van der Waals surface area contributed by atoms with Crippen LogP contribution in [-0.2, 0) is 9.53 Å². The van der Waals surface area contributed by atoms with E-state index in [1.807, 2.05) is 67.0 Å². The lowest BCUT2D eigenvalue weighted by Gasteiger charge is -2.39. The number of hydrogen-bond acceptors (Lipinski definition) is 5. The predicted octanol–water partition coefficient (Wildman–Crippen LogP) is 3.76. The third kappa shape index (κ3) is 5.03. The van der Waals surface area contributed by atoms with Gasteiger partial charge in [0.05, 0.1) is 25.3 Å². The van der Waals surface area contributed by atoms with Crippen molar-refractivity contribution in [2.75, 3.05) is 44.3 Å². The van der Waals surface area contributed by atoms with E-state index in [4.69, 9.17) is 4.74 Å². The SMILES string of the molecule is CC(C)(C)[C@H](NC(=O)c1cc2ccccc2[nH]1)C(=O)N1C[C@@H]2C[C@H]1CN2C(=O)c1cc2ccc(N3CCOCC3)cc2[nH]1. The first-order valence-corrected chi connectivity index (χ1v) is 15.1. The van der Waals surface area contributed by atoms with Gasteiger partial charge in [-0.15, -0.1) is 0 Å². The van der Waals surface area contributed by atoms with Crippen LogP contribution >= 0.6 is 0 Å². The zero-order valence-corrected chi connectivity index (χ0v) is 24.9. The molecule has 0 saturated carbocycles. The highest BCUT2D eigenvalue weighted by atomic mass is 16.5. The molecule has 0 spiro atoms. The number of carbonyl (C=O) groups is 3. The fourth-order valence-electron chi connectivity index (χ4n) is 6.81. The first kappa shape index (κ1) is 27.5. The zero-order valence-electron chi connectivity index (χ0n) is 24.9. The van der Waals surface area contributed by atoms with E-state index in [1.54, 1.807) is 0 Å². The van der Waals surface area contributed by atoms with E-state index in [0.29, 0.717) is 24.5 Å². The number of aromatic amines is 2. The molecule has 3 aliphatic heterocycles. The van der Waals surface area contributed by atoms with Crippen molar-refractivity contribution in [1.29, 1.82) is 0 Å². The molecule has 2 bridgehead atoms. The van der Waals surface area contributed by atoms with Crippen LogP contribution in [0.1, 0.15) is 48.2 Å². The van der Waals surface area contributed by atoms with Gasteiger partial charge in [0.1, 0.15) is 17.4 Å². The average molecular weight is 583 g/mol. The summed E-state index contributed by atoms with van der Waals surface area (Å²) in [6.45, 7) is 9.98. The van der Waals surface area contributed by atoms with Gasteiger partial charge in [-0.05, 0) is 42.2 Å². The van der Waals surface area contributed by atoms with Gasteiger partial charge >= 0.3 is 0 Å². The second-order valence-corrected chi connectivity index (χ2v) is 13.1. The molecule has 43 heavy (non-hydrogen) atoms. The maximum atomic E-state index is 13.9. The maximum absolute atomic E-state index is 13.9. The number of morpholine rings is 1. The summed E-state index contributed by atoms with van der Waals surface area (Å²) in [5, 5.41) is 4.96. The minimum atomic E-state index is -0.704. The molecule has 4 aromatic rings. The van der Waals surface area contributed by atoms with Crippen molar-refractivity contribution in [3.05, 3.63) is 66.0 Å². The van der Waals surface area contributed by atoms with Crippen LogP contribution < -0.4 is 10.2 Å². The normalized spacial score (nSPS) is 21.1. The molecule has 3 N–H and O–H groups in total. The highest BCUT2D eigenvalue weighted by molar-refractivity contribution is 6.01. The summed E-state index contributed by atoms with van der Waals surface area (Å²) in [7, 11) is 0. The quantitative estimate of drug-likeness (QED) is 0.332. The molecule has 3 aliphatic rings. The number of nitrogens with zero attached hydrogens (tertiary/aromatic N) is 3. The molecule has 2 aromatic carbocycles. The number of anilines is 1. The van der Waals surface area contributed by atoms with Crippen LogP contribution in [-0.4, -0.2) is 95.0 Å². The average Bonchev–Trinajstić information content (AvgIpc) is 3.80. The van der Waals surface area contributed by atoms with Gasteiger partial charge in [-0.25, -0.2) is 0 Å². The summed E-state index contributed by atoms with van der Waals surface area (Å²) >= 11 is 0. The number of aromatic nitrogens is 2. The lowest BCUT2D eigenvalue weighted by atomic mass is 9.85. The standard InChI is InChI=1S/C33H38N6O4/c1-33(2,3)29(36-30(40)27-14-20-6-4-5-7-25(20)34-27)32(42)39-19-23-16-24(39)18-38(23)31(41)28-15-21-8-9-22(17-26(21)35-28)37-10-12-43-13-11-37/h4-9,14-15,17,23-24,29,34-35H,10-13,16,18-19H2,1-3H3,(H,36,40)/t23-,24-,29+/m0/s1. The maximum Gasteiger partial charge on any atom is 0.270 e. The number of benzene rings is 2. The van der Waals surface area contributed by atoms with E-state index in [9.17, 15) is 14.4 Å². The Morgan fingerprint density at radius 3 is 2.26 bits per heavy atom. The molecular formula is C33H38N6O4. The molecule has 3 amide bonds. The third-order valence-corrected chi connectivity index (χ3v) is 9.16. The van der Waals surface area contributed by atoms with Crippen LogP contribution in [0.15, 0.2) is 54.6 Å². The molecule has 5 heterocycles. The first-order valence-electron chi connectivity index (χ1n) is 15.1. The molecule has 10 nitrogen and oxygen atoms in total. The first-order chi connectivity index (χ1) is 20.7. The van der Waals surface area contributed by atoms with Crippen LogP contribution in [0.25, 0.3) is 21.8 Å². The molecule has 3 atom stereocenters. The second-order valence-electron chi connectivity index (χ2n) is 13.1. The Morgan fingerprint density at radius 1 is 0.860 bits per heavy atom. The van der Waals surface area contributed by atoms with Crippen LogP contribution in [0.3, 0.4) is 0 Å². The Labute approximate surface area is 250 Å². The number of para-hydroxylation sites is 1. The Kier molecular flexibility index (Phi) is 6.69. The van der Waals surface area contributed by atoms with Gasteiger partial charge in [0.25, 0.3) is 11.8 Å². The second kappa shape index (κ2) is 10.4. The van der Waals surface area contributed by atoms with Gasteiger partial charge in [0.15, 0.2) is 0 Å². The fraction of sp³-hybridized carbons (Fsp3) is 0.424. The number of rotatable bonds is 5. The topological polar surface area (TPSA) is 114 Å². The molecule has 224 valence electrons. The number of H-pyrrole nitrogens is 2. The van der Waals surface area contributed by atoms with E-state index in [-0.39, 0.29) is 29.8 Å². The van der Waals surface area contributed by atoms with Crippen LogP contribution in [0.2, 0.25) is 0 Å². The van der Waals surface area contributed by atoms with Gasteiger partial charge in [0, 0.05) is 53.7 Å². The molecule has 0 aliphatic carbocycles. The molecule has 7 rings (SSSR count). The van der Waals surface area contributed by atoms with E-state index in [2.05, 4.69) is 38.4 Å². The highest BCUT2D eigenvalue weighted by Crippen LogP contribution is 2.35. The molecule has 3 saturated heterocycles. The lowest BCUT2D eigenvalue weighted by molar-refractivity contribution is -0.138. The van der Waals surface area contributed by atoms with Gasteiger partial charge in [0.2, 0.25) is 5.91 Å². The van der Waals surface area contributed by atoms with Crippen molar-refractivity contribution in [3.8, 4) is 0 Å². The number of fused-ring (bicyclic) bond motifs is 4. The van der Waals surface area contributed by atoms with Gasteiger partial charge in [-0.1, -0.05) is 45.0 Å². The number of amides is 3. The van der Waals surface area contributed by atoms with Crippen molar-refractivity contribution < 1.29 is 19.1 Å². The number of piperazine rings is 1. The van der Waals surface area contributed by atoms with E-state index < -0.39 is 11.5 Å². The lowest BCUT2D eigenvalue weighted by Crippen LogP contribution is -2.59. The Morgan fingerprint density at radius 2 is 1.53 bits per heavy atom. The summed E-state index contributed by atoms with van der Waals surface area (Å²) in [5.74, 6) is -0.442. The number of carbonyl (C=O) groups excluding carboxylic acids is 3. The number of likely N-dealkylation sites (tertiary alicyclic amines) is 2. The van der Waals surface area contributed by atoms with Crippen molar-refractivity contribution in [3.63, 3.8) is 0 Å². The Hall–Kier alpha value is -4.31. The molecule has 0 radical (unpaired) electrons. The highest BCUT2D eigenvalue weighted by Gasteiger charge is 2.50. The predicted molar refractivity (Wildman–Crippen MR) is 165 cm³/mol.